The number of nitrogens with zero attached hydrogens (tertiary/aromatic N) is 1. The minimum Gasteiger partial charge on any atom is -0.439 e. The Morgan fingerprint density at radius 2 is 2.28 bits per heavy atom. The van der Waals surface area contributed by atoms with Crippen molar-refractivity contribution in [2.75, 3.05) is 6.54 Å². The van der Waals surface area contributed by atoms with E-state index in [4.69, 9.17) is 9.56 Å². The third-order valence-corrected chi connectivity index (χ3v) is 3.97. The number of nitrogens with two attached hydrogens (primary N) is 1. The van der Waals surface area contributed by atoms with Crippen LogP contribution in [0.15, 0.2) is 27.5 Å². The molecule has 96 valence electrons. The molecule has 0 saturated carbocycles. The van der Waals surface area contributed by atoms with Gasteiger partial charge in [0.1, 0.15) is 5.52 Å². The molecular weight excluding hydrogens is 254 g/mol. The van der Waals surface area contributed by atoms with Crippen LogP contribution < -0.4 is 10.5 Å². The maximum atomic E-state index is 11.2. The monoisotopic (exact) mass is 267 g/mol. The van der Waals surface area contributed by atoms with Crippen molar-refractivity contribution in [1.82, 2.24) is 10.3 Å². The molecule has 1 saturated heterocycles. The number of oxazole rings is 1. The van der Waals surface area contributed by atoms with E-state index in [2.05, 4.69) is 10.3 Å². The van der Waals surface area contributed by atoms with Crippen molar-refractivity contribution >= 4 is 21.1 Å². The van der Waals surface area contributed by atoms with Gasteiger partial charge in [-0.05, 0) is 37.6 Å². The highest BCUT2D eigenvalue weighted by atomic mass is 32.2. The Hall–Kier alpha value is -1.44. The van der Waals surface area contributed by atoms with Gasteiger partial charge in [0.2, 0.25) is 15.9 Å². The van der Waals surface area contributed by atoms with Gasteiger partial charge in [0.15, 0.2) is 5.58 Å². The summed E-state index contributed by atoms with van der Waals surface area (Å²) in [6.45, 7) is 0.950. The number of hydrogen-bond donors (Lipinski definition) is 2. The van der Waals surface area contributed by atoms with E-state index in [1.54, 1.807) is 6.07 Å². The number of fused-ring (bicyclic) bond motifs is 1. The van der Waals surface area contributed by atoms with Gasteiger partial charge in [-0.3, -0.25) is 0 Å². The lowest BCUT2D eigenvalue weighted by Gasteiger charge is -2.02. The molecule has 0 radical (unpaired) electrons. The second-order valence-corrected chi connectivity index (χ2v) is 5.94. The normalized spacial score (nSPS) is 20.6. The zero-order chi connectivity index (χ0) is 12.8. The molecule has 2 aromatic rings. The Kier molecular flexibility index (Phi) is 2.61. The zero-order valence-electron chi connectivity index (χ0n) is 9.59. The second-order valence-electron chi connectivity index (χ2n) is 4.38. The molecule has 1 aromatic carbocycles. The number of nitrogens with one attached hydrogen (secondary N) is 1. The first-order chi connectivity index (χ1) is 8.54. The van der Waals surface area contributed by atoms with Crippen LogP contribution in [0.1, 0.15) is 24.8 Å². The first-order valence-electron chi connectivity index (χ1n) is 5.71. The molecule has 0 amide bonds. The van der Waals surface area contributed by atoms with Crippen LogP contribution in [0.3, 0.4) is 0 Å². The number of primary sulfonamides is 1. The molecule has 0 spiro atoms. The van der Waals surface area contributed by atoms with Gasteiger partial charge in [0, 0.05) is 0 Å². The fraction of sp³-hybridized carbons (Fsp3) is 0.364. The molecule has 2 heterocycles. The lowest BCUT2D eigenvalue weighted by atomic mass is 10.2. The van der Waals surface area contributed by atoms with Gasteiger partial charge in [-0.25, -0.2) is 18.5 Å². The van der Waals surface area contributed by atoms with Crippen LogP contribution in [-0.2, 0) is 10.0 Å². The minimum absolute atomic E-state index is 0.0502. The van der Waals surface area contributed by atoms with Crippen molar-refractivity contribution in [2.24, 2.45) is 5.14 Å². The summed E-state index contributed by atoms with van der Waals surface area (Å²) < 4.78 is 28.1. The zero-order valence-corrected chi connectivity index (χ0v) is 10.4. The highest BCUT2D eigenvalue weighted by Crippen LogP contribution is 2.26. The summed E-state index contributed by atoms with van der Waals surface area (Å²) >= 11 is 0. The van der Waals surface area contributed by atoms with Crippen molar-refractivity contribution in [3.05, 3.63) is 24.1 Å². The summed E-state index contributed by atoms with van der Waals surface area (Å²) in [6.07, 6.45) is 2.07. The third-order valence-electron chi connectivity index (χ3n) is 3.06. The minimum atomic E-state index is -3.70. The molecule has 1 aliphatic heterocycles. The second kappa shape index (κ2) is 4.04. The summed E-state index contributed by atoms with van der Waals surface area (Å²) in [5, 5.41) is 8.36. The van der Waals surface area contributed by atoms with E-state index in [9.17, 15) is 8.42 Å². The quantitative estimate of drug-likeness (QED) is 0.842. The number of hydrogen-bond acceptors (Lipinski definition) is 5. The number of sulfonamides is 1. The number of rotatable bonds is 2. The van der Waals surface area contributed by atoms with E-state index in [0.29, 0.717) is 17.0 Å². The maximum absolute atomic E-state index is 11.2. The first kappa shape index (κ1) is 11.6. The summed E-state index contributed by atoms with van der Waals surface area (Å²) in [5.41, 5.74) is 1.09. The molecule has 1 aliphatic rings. The molecule has 18 heavy (non-hydrogen) atoms. The van der Waals surface area contributed by atoms with E-state index in [1.807, 2.05) is 0 Å². The predicted molar refractivity (Wildman–Crippen MR) is 65.4 cm³/mol. The number of aromatic nitrogens is 1. The van der Waals surface area contributed by atoms with E-state index < -0.39 is 10.0 Å². The highest BCUT2D eigenvalue weighted by Gasteiger charge is 2.22. The van der Waals surface area contributed by atoms with E-state index in [0.717, 1.165) is 19.4 Å². The Balaban J connectivity index is 2.06. The van der Waals surface area contributed by atoms with Crippen molar-refractivity contribution < 1.29 is 12.8 Å². The maximum Gasteiger partial charge on any atom is 0.238 e. The Morgan fingerprint density at radius 1 is 1.44 bits per heavy atom. The van der Waals surface area contributed by atoms with Crippen LogP contribution in [0.4, 0.5) is 0 Å². The topological polar surface area (TPSA) is 98.2 Å². The summed E-state index contributed by atoms with van der Waals surface area (Å²) in [5.74, 6) is 0.606. The van der Waals surface area contributed by atoms with Crippen LogP contribution in [0.2, 0.25) is 0 Å². The standard InChI is InChI=1S/C11H13N3O3S/c12-18(15,16)7-3-4-10-9(6-7)14-11(17-10)8-2-1-5-13-8/h3-4,6,8,13H,1-2,5H2,(H2,12,15,16). The largest absolute Gasteiger partial charge is 0.439 e. The first-order valence-corrected chi connectivity index (χ1v) is 7.25. The van der Waals surface area contributed by atoms with Crippen molar-refractivity contribution in [3.8, 4) is 0 Å². The molecule has 3 rings (SSSR count). The van der Waals surface area contributed by atoms with Gasteiger partial charge in [-0.2, -0.15) is 0 Å². The van der Waals surface area contributed by atoms with Gasteiger partial charge in [0.25, 0.3) is 0 Å². The van der Waals surface area contributed by atoms with E-state index in [-0.39, 0.29) is 10.9 Å². The molecular formula is C11H13N3O3S. The molecule has 1 fully saturated rings. The predicted octanol–water partition coefficient (Wildman–Crippen LogP) is 0.900. The summed E-state index contributed by atoms with van der Waals surface area (Å²) in [4.78, 5) is 4.37. The molecule has 6 nitrogen and oxygen atoms in total. The lowest BCUT2D eigenvalue weighted by Crippen LogP contribution is -2.12. The van der Waals surface area contributed by atoms with Crippen LogP contribution >= 0.6 is 0 Å². The van der Waals surface area contributed by atoms with Crippen molar-refractivity contribution in [2.45, 2.75) is 23.8 Å². The van der Waals surface area contributed by atoms with Crippen LogP contribution in [0.5, 0.6) is 0 Å². The highest BCUT2D eigenvalue weighted by molar-refractivity contribution is 7.89. The van der Waals surface area contributed by atoms with E-state index in [1.165, 1.54) is 12.1 Å². The Bertz CT molecular complexity index is 687. The average Bonchev–Trinajstić information content (AvgIpc) is 2.95. The van der Waals surface area contributed by atoms with Gasteiger partial charge >= 0.3 is 0 Å². The molecule has 1 unspecified atom stereocenters. The summed E-state index contributed by atoms with van der Waals surface area (Å²) in [7, 11) is -3.70. The summed E-state index contributed by atoms with van der Waals surface area (Å²) in [6, 6.07) is 4.57. The fourth-order valence-corrected chi connectivity index (χ4v) is 2.68. The van der Waals surface area contributed by atoms with Gasteiger partial charge in [0.05, 0.1) is 10.9 Å². The van der Waals surface area contributed by atoms with Gasteiger partial charge < -0.3 is 9.73 Å². The number of benzene rings is 1. The molecule has 0 bridgehead atoms. The molecule has 1 aromatic heterocycles. The third kappa shape index (κ3) is 2.00. The van der Waals surface area contributed by atoms with E-state index >= 15 is 0 Å². The Morgan fingerprint density at radius 3 is 2.94 bits per heavy atom. The van der Waals surface area contributed by atoms with Crippen LogP contribution in [0.25, 0.3) is 11.1 Å². The molecule has 7 heteroatoms. The molecule has 3 N–H and O–H groups in total. The van der Waals surface area contributed by atoms with Crippen molar-refractivity contribution in [3.63, 3.8) is 0 Å². The fourth-order valence-electron chi connectivity index (χ4n) is 2.15. The average molecular weight is 267 g/mol. The SMILES string of the molecule is NS(=O)(=O)c1ccc2oc(C3CCCN3)nc2c1. The lowest BCUT2D eigenvalue weighted by molar-refractivity contribution is 0.452. The van der Waals surface area contributed by atoms with Crippen molar-refractivity contribution in [1.29, 1.82) is 0 Å². The Labute approximate surface area is 104 Å². The molecule has 1 atom stereocenters. The van der Waals surface area contributed by atoms with Gasteiger partial charge in [-0.1, -0.05) is 0 Å². The smallest absolute Gasteiger partial charge is 0.238 e. The van der Waals surface area contributed by atoms with Crippen LogP contribution in [-0.4, -0.2) is 19.9 Å². The van der Waals surface area contributed by atoms with Gasteiger partial charge in [-0.15, -0.1) is 0 Å². The van der Waals surface area contributed by atoms with Crippen LogP contribution in [0, 0.1) is 0 Å². The molecule has 0 aliphatic carbocycles.